The van der Waals surface area contributed by atoms with E-state index in [4.69, 9.17) is 24.8 Å². The third-order valence-electron chi connectivity index (χ3n) is 3.57. The third kappa shape index (κ3) is 4.42. The average molecular weight is 445 g/mol. The second-order valence-corrected chi connectivity index (χ2v) is 8.92. The Balaban J connectivity index is 1.77. The first-order chi connectivity index (χ1) is 12.6. The van der Waals surface area contributed by atoms with E-state index in [1.54, 1.807) is 0 Å². The van der Waals surface area contributed by atoms with E-state index in [1.807, 2.05) is 0 Å². The van der Waals surface area contributed by atoms with E-state index >= 15 is 0 Å². The van der Waals surface area contributed by atoms with Crippen LogP contribution in [0.5, 0.6) is 0 Å². The number of nitrogens with one attached hydrogen (secondary N) is 1. The number of aromatic nitrogens is 4. The molecule has 0 amide bonds. The van der Waals surface area contributed by atoms with E-state index in [-0.39, 0.29) is 17.1 Å². The number of imidazole rings is 1. The summed E-state index contributed by atoms with van der Waals surface area (Å²) in [5, 5.41) is 10.1. The molecule has 1 unspecified atom stereocenters. The van der Waals surface area contributed by atoms with Gasteiger partial charge in [0.15, 0.2) is 30.7 Å². The predicted molar refractivity (Wildman–Crippen MR) is 92.1 cm³/mol. The summed E-state index contributed by atoms with van der Waals surface area (Å²) in [6.07, 6.45) is -5.07. The van der Waals surface area contributed by atoms with Crippen LogP contribution >= 0.6 is 15.0 Å². The Morgan fingerprint density at radius 2 is 2.26 bits per heavy atom. The first kappa shape index (κ1) is 20.5. The molecular formula is C10H14FN5O8P2S. The standard InChI is InChI=1S/C10H14FN5O8P2S/c11-4-3(1-22-25(27)24-26(19,20)21)23-9(6(4)17)16-2-13-5-7(16)14-10(12)15-8(5)18/h2-4,6,9,17,25H,1H2,(H2,19,20,21)(H3,12,14,15,18)/t3-,4+,6+,9-/m1/s1. The molecule has 1 saturated heterocycles. The van der Waals surface area contributed by atoms with Gasteiger partial charge in [-0.05, 0) is 11.8 Å². The van der Waals surface area contributed by atoms with Crippen molar-refractivity contribution >= 4 is 43.9 Å². The highest BCUT2D eigenvalue weighted by molar-refractivity contribution is 8.02. The SMILES string of the molecule is Nc1nc2c(ncn2[C@@H]2O[C@H](CO[PH](=S)OP(=O)(O)O)[C@H](F)[C@@H]2O)c(=O)[nH]1. The van der Waals surface area contributed by atoms with Gasteiger partial charge in [-0.2, -0.15) is 4.98 Å². The molecule has 2 aromatic rings. The Kier molecular flexibility index (Phi) is 5.77. The van der Waals surface area contributed by atoms with Gasteiger partial charge in [0.05, 0.1) is 12.9 Å². The molecule has 0 radical (unpaired) electrons. The van der Waals surface area contributed by atoms with Crippen LogP contribution in [0.3, 0.4) is 0 Å². The minimum atomic E-state index is -4.83. The number of nitrogen functional groups attached to an aromatic ring is 1. The fourth-order valence-corrected chi connectivity index (χ4v) is 4.84. The van der Waals surface area contributed by atoms with E-state index in [0.717, 1.165) is 10.9 Å². The number of rotatable bonds is 6. The lowest BCUT2D eigenvalue weighted by Gasteiger charge is -2.16. The molecule has 0 aromatic carbocycles. The van der Waals surface area contributed by atoms with Crippen molar-refractivity contribution in [1.82, 2.24) is 19.5 Å². The van der Waals surface area contributed by atoms with Crippen molar-refractivity contribution in [3.05, 3.63) is 16.7 Å². The molecule has 6 N–H and O–H groups in total. The molecule has 1 fully saturated rings. The fourth-order valence-electron chi connectivity index (χ4n) is 2.48. The van der Waals surface area contributed by atoms with Gasteiger partial charge >= 0.3 is 7.82 Å². The number of aromatic amines is 1. The van der Waals surface area contributed by atoms with Crippen molar-refractivity contribution in [1.29, 1.82) is 0 Å². The summed E-state index contributed by atoms with van der Waals surface area (Å²) in [5.74, 6) is -0.202. The Labute approximate surface area is 155 Å². The van der Waals surface area contributed by atoms with Crippen LogP contribution in [0.25, 0.3) is 11.2 Å². The monoisotopic (exact) mass is 445 g/mol. The van der Waals surface area contributed by atoms with Crippen molar-refractivity contribution in [2.45, 2.75) is 24.6 Å². The number of aliphatic hydroxyl groups excluding tert-OH is 1. The number of fused-ring (bicyclic) bond motifs is 1. The molecule has 1 aliphatic heterocycles. The van der Waals surface area contributed by atoms with Crippen LogP contribution in [-0.4, -0.2) is 59.4 Å². The maximum absolute atomic E-state index is 14.4. The summed E-state index contributed by atoms with van der Waals surface area (Å²) in [6.45, 7) is -0.519. The lowest BCUT2D eigenvalue weighted by molar-refractivity contribution is -0.0457. The van der Waals surface area contributed by atoms with Crippen LogP contribution in [0.1, 0.15) is 6.23 Å². The summed E-state index contributed by atoms with van der Waals surface area (Å²) >= 11 is 4.64. The van der Waals surface area contributed by atoms with E-state index in [1.165, 1.54) is 0 Å². The maximum Gasteiger partial charge on any atom is 0.475 e. The second-order valence-electron chi connectivity index (χ2n) is 5.42. The lowest BCUT2D eigenvalue weighted by Crippen LogP contribution is -2.29. The molecule has 0 aliphatic carbocycles. The van der Waals surface area contributed by atoms with Crippen molar-refractivity contribution in [3.8, 4) is 0 Å². The van der Waals surface area contributed by atoms with Crippen molar-refractivity contribution < 1.29 is 37.4 Å². The molecule has 0 bridgehead atoms. The van der Waals surface area contributed by atoms with Crippen LogP contribution in [0.2, 0.25) is 0 Å². The van der Waals surface area contributed by atoms with Crippen LogP contribution in [0, 0.1) is 0 Å². The molecule has 3 heterocycles. The number of phosphoric acid groups is 1. The summed E-state index contributed by atoms with van der Waals surface area (Å²) in [5.41, 5.74) is 4.76. The van der Waals surface area contributed by atoms with Crippen LogP contribution in [-0.2, 0) is 29.9 Å². The van der Waals surface area contributed by atoms with E-state index in [9.17, 15) is 18.9 Å². The highest BCUT2D eigenvalue weighted by atomic mass is 32.4. The second kappa shape index (κ2) is 7.62. The van der Waals surface area contributed by atoms with Crippen molar-refractivity contribution in [2.75, 3.05) is 12.3 Å². The van der Waals surface area contributed by atoms with Gasteiger partial charge < -0.3 is 29.9 Å². The van der Waals surface area contributed by atoms with Crippen LogP contribution in [0.15, 0.2) is 11.1 Å². The molecule has 150 valence electrons. The summed E-state index contributed by atoms with van der Waals surface area (Å²) in [4.78, 5) is 39.1. The lowest BCUT2D eigenvalue weighted by atomic mass is 10.1. The number of aliphatic hydroxyl groups is 1. The number of anilines is 1. The smallest absolute Gasteiger partial charge is 0.385 e. The third-order valence-corrected chi connectivity index (χ3v) is 6.55. The Morgan fingerprint density at radius 1 is 1.56 bits per heavy atom. The van der Waals surface area contributed by atoms with E-state index in [0.29, 0.717) is 0 Å². The zero-order valence-corrected chi connectivity index (χ0v) is 15.8. The number of hydrogen-bond acceptors (Lipinski definition) is 10. The Hall–Kier alpha value is -1.28. The number of hydrogen-bond donors (Lipinski definition) is 5. The maximum atomic E-state index is 14.4. The molecule has 0 spiro atoms. The topological polar surface area (TPSA) is 195 Å². The number of nitrogens with zero attached hydrogens (tertiary/aromatic N) is 3. The number of nitrogens with two attached hydrogens (primary N) is 1. The van der Waals surface area contributed by atoms with Gasteiger partial charge in [-0.15, -0.1) is 0 Å². The number of H-pyrrole nitrogens is 1. The largest absolute Gasteiger partial charge is 0.475 e. The van der Waals surface area contributed by atoms with E-state index < -0.39 is 51.7 Å². The zero-order valence-electron chi connectivity index (χ0n) is 13.1. The van der Waals surface area contributed by atoms with Crippen LogP contribution < -0.4 is 11.3 Å². The van der Waals surface area contributed by atoms with Gasteiger partial charge in [0.1, 0.15) is 12.2 Å². The normalized spacial score (nSPS) is 27.3. The quantitative estimate of drug-likeness (QED) is 0.338. The number of alkyl halides is 1. The minimum Gasteiger partial charge on any atom is -0.385 e. The first-order valence-corrected chi connectivity index (χ1v) is 11.2. The summed E-state index contributed by atoms with van der Waals surface area (Å²) in [7, 11) is -7.62. The number of ether oxygens (including phenoxy) is 1. The average Bonchev–Trinajstić information content (AvgIpc) is 3.07. The first-order valence-electron chi connectivity index (χ1n) is 7.18. The van der Waals surface area contributed by atoms with Gasteiger partial charge in [-0.3, -0.25) is 14.3 Å². The molecule has 5 atom stereocenters. The van der Waals surface area contributed by atoms with Gasteiger partial charge in [-0.1, -0.05) is 0 Å². The van der Waals surface area contributed by atoms with Gasteiger partial charge in [0.25, 0.3) is 5.56 Å². The Morgan fingerprint density at radius 3 is 2.93 bits per heavy atom. The van der Waals surface area contributed by atoms with Crippen molar-refractivity contribution in [3.63, 3.8) is 0 Å². The zero-order chi connectivity index (χ0) is 19.9. The van der Waals surface area contributed by atoms with Gasteiger partial charge in [0.2, 0.25) is 5.95 Å². The summed E-state index contributed by atoms with van der Waals surface area (Å²) in [6, 6.07) is 0. The highest BCUT2D eigenvalue weighted by Crippen LogP contribution is 2.48. The Bertz CT molecular complexity index is 980. The highest BCUT2D eigenvalue weighted by Gasteiger charge is 2.46. The molecule has 13 nitrogen and oxygen atoms in total. The van der Waals surface area contributed by atoms with Gasteiger partial charge in [-0.25, -0.2) is 18.3 Å². The molecule has 3 rings (SSSR count). The molecule has 2 aromatic heterocycles. The number of halogens is 1. The molecule has 1 aliphatic rings. The molecule has 27 heavy (non-hydrogen) atoms. The fraction of sp³-hybridized carbons (Fsp3) is 0.500. The van der Waals surface area contributed by atoms with Gasteiger partial charge in [0, 0.05) is 0 Å². The molecule has 0 saturated carbocycles. The van der Waals surface area contributed by atoms with Crippen LogP contribution in [0.4, 0.5) is 10.3 Å². The van der Waals surface area contributed by atoms with Crippen molar-refractivity contribution in [2.24, 2.45) is 0 Å². The minimum absolute atomic E-state index is 0.0214. The summed E-state index contributed by atoms with van der Waals surface area (Å²) < 4.78 is 40.7. The molecule has 17 heteroatoms. The molecular weight excluding hydrogens is 431 g/mol. The van der Waals surface area contributed by atoms with E-state index in [2.05, 4.69) is 31.1 Å². The predicted octanol–water partition coefficient (Wildman–Crippen LogP) is -1.07.